The second kappa shape index (κ2) is 8.83. The zero-order valence-corrected chi connectivity index (χ0v) is 14.5. The molecule has 1 aromatic rings. The quantitative estimate of drug-likeness (QED) is 0.834. The molecule has 0 aliphatic carbocycles. The van der Waals surface area contributed by atoms with Gasteiger partial charge in [0.2, 0.25) is 11.8 Å². The molecule has 1 aromatic carbocycles. The lowest BCUT2D eigenvalue weighted by Gasteiger charge is -2.33. The van der Waals surface area contributed by atoms with Crippen LogP contribution in [0.5, 0.6) is 0 Å². The minimum absolute atomic E-state index is 0.00401. The van der Waals surface area contributed by atoms with Crippen molar-refractivity contribution >= 4 is 11.8 Å². The molecule has 5 heteroatoms. The highest BCUT2D eigenvalue weighted by Crippen LogP contribution is 2.14. The van der Waals surface area contributed by atoms with Crippen molar-refractivity contribution in [2.24, 2.45) is 5.92 Å². The molecule has 24 heavy (non-hydrogen) atoms. The Balaban J connectivity index is 1.79. The van der Waals surface area contributed by atoms with Gasteiger partial charge in [-0.25, -0.2) is 0 Å². The first kappa shape index (κ1) is 18.5. The van der Waals surface area contributed by atoms with Crippen molar-refractivity contribution in [2.75, 3.05) is 13.1 Å². The maximum atomic E-state index is 12.4. The standard InChI is InChI=1S/C19H27N3O2/c1-14(2)18(20-15(3)23)19(24)21-17-9-11-22(12-10-17)13-16-7-5-4-6-8-16/h3-8,14,17-18H,9-13H2,1-2H3,(H,20,23)(H,21,24). The third-order valence-corrected chi connectivity index (χ3v) is 4.43. The summed E-state index contributed by atoms with van der Waals surface area (Å²) in [4.78, 5) is 25.8. The molecular weight excluding hydrogens is 302 g/mol. The normalized spacial score (nSPS) is 17.5. The fraction of sp³-hybridized carbons (Fsp3) is 0.526. The van der Waals surface area contributed by atoms with E-state index in [0.717, 1.165) is 32.5 Å². The van der Waals surface area contributed by atoms with Gasteiger partial charge in [-0.05, 0) is 24.3 Å². The Bertz CT molecular complexity index is 537. The van der Waals surface area contributed by atoms with E-state index in [9.17, 15) is 9.59 Å². The van der Waals surface area contributed by atoms with Gasteiger partial charge in [-0.1, -0.05) is 44.2 Å². The SMILES string of the molecule is [CH]C(=O)NC(C(=O)NC1CCN(Cc2ccccc2)CC1)C(C)C. The molecule has 2 amide bonds. The highest BCUT2D eigenvalue weighted by atomic mass is 16.2. The smallest absolute Gasteiger partial charge is 0.243 e. The molecule has 1 fully saturated rings. The Morgan fingerprint density at radius 3 is 2.38 bits per heavy atom. The van der Waals surface area contributed by atoms with Gasteiger partial charge >= 0.3 is 0 Å². The van der Waals surface area contributed by atoms with Crippen molar-refractivity contribution in [3.63, 3.8) is 0 Å². The van der Waals surface area contributed by atoms with Gasteiger partial charge in [0.25, 0.3) is 0 Å². The van der Waals surface area contributed by atoms with Crippen molar-refractivity contribution in [2.45, 2.75) is 45.3 Å². The van der Waals surface area contributed by atoms with Crippen LogP contribution in [0.2, 0.25) is 0 Å². The molecule has 2 N–H and O–H groups in total. The third-order valence-electron chi connectivity index (χ3n) is 4.43. The van der Waals surface area contributed by atoms with Crippen LogP contribution in [0.15, 0.2) is 30.3 Å². The van der Waals surface area contributed by atoms with E-state index >= 15 is 0 Å². The van der Waals surface area contributed by atoms with Crippen LogP contribution in [0.25, 0.3) is 0 Å². The number of piperidine rings is 1. The number of hydrogen-bond acceptors (Lipinski definition) is 3. The van der Waals surface area contributed by atoms with Crippen LogP contribution in [-0.4, -0.2) is 41.9 Å². The first-order valence-electron chi connectivity index (χ1n) is 8.58. The van der Waals surface area contributed by atoms with E-state index in [1.807, 2.05) is 19.9 Å². The third kappa shape index (κ3) is 5.64. The second-order valence-corrected chi connectivity index (χ2v) is 6.77. The summed E-state index contributed by atoms with van der Waals surface area (Å²) in [6.07, 6.45) is 1.83. The zero-order chi connectivity index (χ0) is 17.5. The number of hydrogen-bond donors (Lipinski definition) is 2. The van der Waals surface area contributed by atoms with Gasteiger partial charge in [0.05, 0.1) is 6.92 Å². The van der Waals surface area contributed by atoms with Crippen LogP contribution in [0, 0.1) is 12.8 Å². The molecule has 0 spiro atoms. The number of nitrogens with zero attached hydrogens (tertiary/aromatic N) is 1. The summed E-state index contributed by atoms with van der Waals surface area (Å²) in [5.74, 6) is -0.817. The van der Waals surface area contributed by atoms with Gasteiger partial charge in [-0.15, -0.1) is 0 Å². The van der Waals surface area contributed by atoms with Crippen molar-refractivity contribution in [3.8, 4) is 0 Å². The molecule has 1 atom stereocenters. The molecule has 1 aliphatic rings. The van der Waals surface area contributed by atoms with Crippen LogP contribution >= 0.6 is 0 Å². The van der Waals surface area contributed by atoms with Crippen LogP contribution in [0.3, 0.4) is 0 Å². The maximum Gasteiger partial charge on any atom is 0.243 e. The summed E-state index contributed by atoms with van der Waals surface area (Å²) in [6.45, 7) is 11.8. The molecular formula is C19H27N3O2. The van der Waals surface area contributed by atoms with E-state index in [1.165, 1.54) is 5.56 Å². The molecule has 0 aromatic heterocycles. The number of rotatable bonds is 6. The predicted molar refractivity (Wildman–Crippen MR) is 94.0 cm³/mol. The van der Waals surface area contributed by atoms with Crippen LogP contribution in [-0.2, 0) is 16.1 Å². The molecule has 130 valence electrons. The summed E-state index contributed by atoms with van der Waals surface area (Å²) in [5, 5.41) is 5.58. The zero-order valence-electron chi connectivity index (χ0n) is 14.5. The van der Waals surface area contributed by atoms with Gasteiger partial charge in [0.1, 0.15) is 6.04 Å². The van der Waals surface area contributed by atoms with Gasteiger partial charge < -0.3 is 10.6 Å². The summed E-state index contributed by atoms with van der Waals surface area (Å²) < 4.78 is 0. The Kier molecular flexibility index (Phi) is 6.79. The minimum Gasteiger partial charge on any atom is -0.351 e. The average Bonchev–Trinajstić information content (AvgIpc) is 2.55. The van der Waals surface area contributed by atoms with E-state index in [0.29, 0.717) is 0 Å². The van der Waals surface area contributed by atoms with Gasteiger partial charge in [0, 0.05) is 25.7 Å². The Hall–Kier alpha value is -1.88. The van der Waals surface area contributed by atoms with E-state index in [2.05, 4.69) is 39.8 Å². The van der Waals surface area contributed by atoms with E-state index in [1.54, 1.807) is 0 Å². The Morgan fingerprint density at radius 2 is 1.83 bits per heavy atom. The van der Waals surface area contributed by atoms with E-state index in [4.69, 9.17) is 6.92 Å². The van der Waals surface area contributed by atoms with Crippen molar-refractivity contribution < 1.29 is 9.59 Å². The molecule has 1 heterocycles. The molecule has 2 rings (SSSR count). The van der Waals surface area contributed by atoms with Gasteiger partial charge in [-0.2, -0.15) is 0 Å². The van der Waals surface area contributed by atoms with Crippen LogP contribution in [0.4, 0.5) is 0 Å². The summed E-state index contributed by atoms with van der Waals surface area (Å²) >= 11 is 0. The first-order valence-corrected chi connectivity index (χ1v) is 8.58. The van der Waals surface area contributed by atoms with Crippen LogP contribution in [0.1, 0.15) is 32.3 Å². The number of amides is 2. The summed E-state index contributed by atoms with van der Waals surface area (Å²) in [5.41, 5.74) is 1.31. The van der Waals surface area contributed by atoms with Gasteiger partial charge in [-0.3, -0.25) is 14.5 Å². The van der Waals surface area contributed by atoms with E-state index < -0.39 is 11.9 Å². The van der Waals surface area contributed by atoms with Crippen molar-refractivity contribution in [3.05, 3.63) is 42.8 Å². The topological polar surface area (TPSA) is 61.4 Å². The number of likely N-dealkylation sites (tertiary alicyclic amines) is 1. The molecule has 2 radical (unpaired) electrons. The summed E-state index contributed by atoms with van der Waals surface area (Å²) in [6, 6.07) is 9.98. The Morgan fingerprint density at radius 1 is 1.21 bits per heavy atom. The molecule has 1 saturated heterocycles. The predicted octanol–water partition coefficient (Wildman–Crippen LogP) is 1.62. The van der Waals surface area contributed by atoms with Crippen LogP contribution < -0.4 is 10.6 Å². The number of carbonyl (C=O) groups excluding carboxylic acids is 2. The van der Waals surface area contributed by atoms with E-state index in [-0.39, 0.29) is 17.9 Å². The summed E-state index contributed by atoms with van der Waals surface area (Å²) in [7, 11) is 0. The van der Waals surface area contributed by atoms with Gasteiger partial charge in [0.15, 0.2) is 0 Å². The number of nitrogens with one attached hydrogen (secondary N) is 2. The second-order valence-electron chi connectivity index (χ2n) is 6.77. The fourth-order valence-corrected chi connectivity index (χ4v) is 3.06. The fourth-order valence-electron chi connectivity index (χ4n) is 3.06. The largest absolute Gasteiger partial charge is 0.351 e. The lowest BCUT2D eigenvalue weighted by Crippen LogP contribution is -2.53. The monoisotopic (exact) mass is 329 g/mol. The average molecular weight is 329 g/mol. The first-order chi connectivity index (χ1) is 11.5. The lowest BCUT2D eigenvalue weighted by atomic mass is 10.0. The molecule has 0 saturated carbocycles. The number of benzene rings is 1. The highest BCUT2D eigenvalue weighted by molar-refractivity contribution is 5.89. The highest BCUT2D eigenvalue weighted by Gasteiger charge is 2.27. The minimum atomic E-state index is -0.665. The molecule has 5 nitrogen and oxygen atoms in total. The van der Waals surface area contributed by atoms with Crippen molar-refractivity contribution in [1.82, 2.24) is 15.5 Å². The lowest BCUT2D eigenvalue weighted by molar-refractivity contribution is -0.129. The molecule has 1 unspecified atom stereocenters. The van der Waals surface area contributed by atoms with Crippen molar-refractivity contribution in [1.29, 1.82) is 0 Å². The number of carbonyl (C=O) groups is 2. The molecule has 0 bridgehead atoms. The maximum absolute atomic E-state index is 12.4. The molecule has 1 aliphatic heterocycles. The Labute approximate surface area is 144 Å².